The van der Waals surface area contributed by atoms with Gasteiger partial charge < -0.3 is 43.9 Å². The SMILES string of the molecule is C#C[C@H](C)C[C@@H](C)C(=O)[C@H](OC)[C@H](O)/C(C)=C/[C@@H](C)C(=O)C[C@H](OC(=O)C1CCCCN1C(=O)C(=O)[C@]1(O)O[C@H](CC(OC2CC2)/C(C)=C/C=C/C=C)CC[C@H]1C)[C@H](C)C[C@@H]1CC[C@@H](O)[C@H](OC)C1. The van der Waals surface area contributed by atoms with Crippen molar-refractivity contribution in [3.8, 4) is 12.3 Å². The van der Waals surface area contributed by atoms with E-state index in [9.17, 15) is 39.3 Å². The highest BCUT2D eigenvalue weighted by molar-refractivity contribution is 6.39. The Balaban J connectivity index is 1.53. The van der Waals surface area contributed by atoms with Crippen molar-refractivity contribution in [1.29, 1.82) is 0 Å². The zero-order valence-electron chi connectivity index (χ0n) is 42.8. The molecule has 0 aromatic rings. The minimum atomic E-state index is -2.43. The summed E-state index contributed by atoms with van der Waals surface area (Å²) in [5.74, 6) is -5.67. The number of methoxy groups -OCH3 is 2. The maximum atomic E-state index is 14.4. The molecular formula is C55H83NO13. The number of allylic oxidation sites excluding steroid dienone is 5. The highest BCUT2D eigenvalue weighted by atomic mass is 16.6. The number of likely N-dealkylation sites (tertiary alicyclic amines) is 1. The van der Waals surface area contributed by atoms with Crippen molar-refractivity contribution >= 4 is 29.2 Å². The first-order valence-corrected chi connectivity index (χ1v) is 25.4. The van der Waals surface area contributed by atoms with E-state index < -0.39 is 77.8 Å². The molecule has 0 spiro atoms. The number of hydrogen-bond acceptors (Lipinski definition) is 13. The highest BCUT2D eigenvalue weighted by Crippen LogP contribution is 2.39. The predicted molar refractivity (Wildman–Crippen MR) is 262 cm³/mol. The Labute approximate surface area is 411 Å². The number of aliphatic hydroxyl groups excluding tert-OH is 2. The van der Waals surface area contributed by atoms with Gasteiger partial charge in [-0.2, -0.15) is 0 Å². The standard InChI is InChI=1S/C55H83NO13/c1-12-14-15-18-34(4)46(67-41-23-24-41)31-42-22-20-39(9)55(64,69-42)52(61)53(62)56-26-17-16-19-43(56)54(63)68-47(36(6)29-40-21-25-44(57)48(30-40)65-10)32-45(58)35(5)28-38(8)50(60)51(66-11)49(59)37(7)27-33(3)13-2/h2,12,14-15,18,28,33,35-37,39-44,46-48,50-51,57,60,64H,1,16-17,19-27,29-32H2,3-11H3/b15-14+,34-18+,38-28+/t33-,35+,36+,37+,39+,40-,42-,43?,44+,46?,47-,48+,50+,51-,55+/m0/s1. The van der Waals surface area contributed by atoms with Crippen molar-refractivity contribution in [2.75, 3.05) is 20.8 Å². The Kier molecular flexibility index (Phi) is 22.7. The zero-order chi connectivity index (χ0) is 51.2. The third-order valence-corrected chi connectivity index (χ3v) is 14.9. The van der Waals surface area contributed by atoms with E-state index in [0.29, 0.717) is 69.8 Å². The van der Waals surface area contributed by atoms with Gasteiger partial charge in [0, 0.05) is 57.3 Å². The number of carbonyl (C=O) groups is 5. The maximum absolute atomic E-state index is 14.4. The molecule has 14 nitrogen and oxygen atoms in total. The molecule has 2 saturated heterocycles. The Morgan fingerprint density at radius 1 is 0.957 bits per heavy atom. The van der Waals surface area contributed by atoms with Crippen LogP contribution >= 0.6 is 0 Å². The molecule has 2 unspecified atom stereocenters. The van der Waals surface area contributed by atoms with Crippen LogP contribution in [-0.2, 0) is 47.7 Å². The minimum Gasteiger partial charge on any atom is -0.460 e. The molecule has 0 aromatic heterocycles. The molecule has 4 rings (SSSR count). The average Bonchev–Trinajstić information content (AvgIpc) is 4.16. The van der Waals surface area contributed by atoms with Crippen molar-refractivity contribution in [1.82, 2.24) is 4.90 Å². The first-order chi connectivity index (χ1) is 32.7. The minimum absolute atomic E-state index is 0.0792. The summed E-state index contributed by atoms with van der Waals surface area (Å²) < 4.78 is 29.9. The number of nitrogens with zero attached hydrogens (tertiary/aromatic N) is 1. The van der Waals surface area contributed by atoms with Gasteiger partial charge in [-0.05, 0) is 114 Å². The van der Waals surface area contributed by atoms with E-state index in [1.165, 1.54) is 12.0 Å². The number of hydrogen-bond donors (Lipinski definition) is 3. The van der Waals surface area contributed by atoms with Gasteiger partial charge in [0.25, 0.3) is 11.7 Å². The summed E-state index contributed by atoms with van der Waals surface area (Å²) in [4.78, 5) is 71.7. The van der Waals surface area contributed by atoms with Gasteiger partial charge in [0.05, 0.1) is 30.5 Å². The molecule has 0 radical (unpaired) electrons. The summed E-state index contributed by atoms with van der Waals surface area (Å²) in [6.07, 6.45) is 16.4. The molecule has 2 saturated carbocycles. The fraction of sp³-hybridized carbons (Fsp3) is 0.727. The second-order valence-corrected chi connectivity index (χ2v) is 20.6. The van der Waals surface area contributed by atoms with Crippen LogP contribution in [0.25, 0.3) is 0 Å². The molecule has 15 atom stereocenters. The molecule has 3 N–H and O–H groups in total. The van der Waals surface area contributed by atoms with Gasteiger partial charge >= 0.3 is 5.97 Å². The fourth-order valence-corrected chi connectivity index (χ4v) is 10.2. The summed E-state index contributed by atoms with van der Waals surface area (Å²) in [5.41, 5.74) is 1.32. The molecule has 1 amide bonds. The van der Waals surface area contributed by atoms with Crippen molar-refractivity contribution in [3.05, 3.63) is 48.1 Å². The molecular weight excluding hydrogens is 883 g/mol. The number of esters is 1. The Morgan fingerprint density at radius 3 is 2.30 bits per heavy atom. The molecule has 0 aromatic carbocycles. The van der Waals surface area contributed by atoms with E-state index in [4.69, 9.17) is 30.1 Å². The van der Waals surface area contributed by atoms with E-state index in [0.717, 1.165) is 18.4 Å². The van der Waals surface area contributed by atoms with E-state index >= 15 is 0 Å². The van der Waals surface area contributed by atoms with Gasteiger partial charge in [0.1, 0.15) is 30.1 Å². The van der Waals surface area contributed by atoms with E-state index in [1.807, 2.05) is 39.0 Å². The predicted octanol–water partition coefficient (Wildman–Crippen LogP) is 6.96. The van der Waals surface area contributed by atoms with Crippen LogP contribution in [-0.4, -0.2) is 131 Å². The lowest BCUT2D eigenvalue weighted by Crippen LogP contribution is -2.61. The molecule has 386 valence electrons. The van der Waals surface area contributed by atoms with Gasteiger partial charge in [-0.25, -0.2) is 4.79 Å². The van der Waals surface area contributed by atoms with E-state index in [1.54, 1.807) is 47.0 Å². The first kappa shape index (κ1) is 57.8. The quantitative estimate of drug-likeness (QED) is 0.0265. The molecule has 2 aliphatic carbocycles. The number of Topliss-reactive ketones (excluding diaryl/α,β-unsaturated/α-hetero) is 3. The number of amides is 1. The van der Waals surface area contributed by atoms with Crippen LogP contribution in [0, 0.1) is 47.9 Å². The lowest BCUT2D eigenvalue weighted by Gasteiger charge is -2.43. The Morgan fingerprint density at radius 2 is 1.67 bits per heavy atom. The van der Waals surface area contributed by atoms with Gasteiger partial charge in [0.2, 0.25) is 5.79 Å². The fourth-order valence-electron chi connectivity index (χ4n) is 10.2. The molecule has 2 heterocycles. The molecule has 4 fully saturated rings. The molecule has 2 aliphatic heterocycles. The van der Waals surface area contributed by atoms with Crippen LogP contribution in [0.4, 0.5) is 0 Å². The molecule has 69 heavy (non-hydrogen) atoms. The lowest BCUT2D eigenvalue weighted by molar-refractivity contribution is -0.266. The zero-order valence-corrected chi connectivity index (χ0v) is 42.8. The van der Waals surface area contributed by atoms with Crippen molar-refractivity contribution in [2.45, 2.75) is 199 Å². The second-order valence-electron chi connectivity index (χ2n) is 20.6. The summed E-state index contributed by atoms with van der Waals surface area (Å²) in [7, 11) is 2.91. The summed E-state index contributed by atoms with van der Waals surface area (Å²) in [6, 6.07) is -1.15. The number of rotatable bonds is 26. The molecule has 0 bridgehead atoms. The van der Waals surface area contributed by atoms with Gasteiger partial charge in [0.15, 0.2) is 5.78 Å². The summed E-state index contributed by atoms with van der Waals surface area (Å²) >= 11 is 0. The van der Waals surface area contributed by atoms with Crippen LogP contribution < -0.4 is 0 Å². The number of ether oxygens (including phenoxy) is 5. The van der Waals surface area contributed by atoms with Crippen LogP contribution in [0.1, 0.15) is 138 Å². The Bertz CT molecular complexity index is 1900. The summed E-state index contributed by atoms with van der Waals surface area (Å²) in [6.45, 7) is 16.2. The highest BCUT2D eigenvalue weighted by Gasteiger charge is 2.53. The normalized spacial score (nSPS) is 29.4. The second kappa shape index (κ2) is 27.1. The third kappa shape index (κ3) is 16.1. The summed E-state index contributed by atoms with van der Waals surface area (Å²) in [5, 5.41) is 33.8. The smallest absolute Gasteiger partial charge is 0.329 e. The van der Waals surface area contributed by atoms with Gasteiger partial charge in [-0.15, -0.1) is 12.3 Å². The lowest BCUT2D eigenvalue weighted by atomic mass is 9.78. The number of ketones is 3. The van der Waals surface area contributed by atoms with E-state index in [-0.39, 0.29) is 67.0 Å². The van der Waals surface area contributed by atoms with Crippen molar-refractivity contribution in [3.63, 3.8) is 0 Å². The number of carbonyl (C=O) groups excluding carboxylic acids is 5. The first-order valence-electron chi connectivity index (χ1n) is 25.4. The third-order valence-electron chi connectivity index (χ3n) is 14.9. The molecule has 4 aliphatic rings. The number of aliphatic hydroxyl groups is 3. The van der Waals surface area contributed by atoms with Gasteiger partial charge in [-0.1, -0.05) is 71.6 Å². The Hall–Kier alpha value is -3.81. The monoisotopic (exact) mass is 966 g/mol. The molecule has 14 heteroatoms. The van der Waals surface area contributed by atoms with Crippen LogP contribution in [0.2, 0.25) is 0 Å². The van der Waals surface area contributed by atoms with Crippen molar-refractivity contribution < 1.29 is 63.0 Å². The van der Waals surface area contributed by atoms with Crippen LogP contribution in [0.15, 0.2) is 48.1 Å². The topological polar surface area (TPSA) is 195 Å². The van der Waals surface area contributed by atoms with Gasteiger partial charge in [-0.3, -0.25) is 19.2 Å². The van der Waals surface area contributed by atoms with E-state index in [2.05, 4.69) is 12.5 Å². The largest absolute Gasteiger partial charge is 0.460 e. The average molecular weight is 966 g/mol. The number of terminal acetylenes is 1. The maximum Gasteiger partial charge on any atom is 0.329 e. The van der Waals surface area contributed by atoms with Crippen LogP contribution in [0.3, 0.4) is 0 Å². The number of piperidine rings is 1. The van der Waals surface area contributed by atoms with Crippen LogP contribution in [0.5, 0.6) is 0 Å². The van der Waals surface area contributed by atoms with Crippen molar-refractivity contribution in [2.24, 2.45) is 35.5 Å².